The number of likely N-dealkylation sites (N-methyl/N-ethyl adjacent to an activating group) is 1. The topological polar surface area (TPSA) is 50.8 Å². The number of hydrogen-bond acceptors (Lipinski definition) is 4. The fraction of sp³-hybridized carbons (Fsp3) is 0.611. The molecule has 1 atom stereocenters. The van der Waals surface area contributed by atoms with Crippen LogP contribution in [0.25, 0.3) is 0 Å². The van der Waals surface area contributed by atoms with Gasteiger partial charge in [-0.25, -0.2) is 0 Å². The van der Waals surface area contributed by atoms with E-state index in [0.29, 0.717) is 26.2 Å². The van der Waals surface area contributed by atoms with Gasteiger partial charge in [-0.15, -0.1) is 0 Å². The Balaban J connectivity index is 1.45. The molecule has 0 radical (unpaired) electrons. The lowest BCUT2D eigenvalue weighted by Gasteiger charge is -2.30. The van der Waals surface area contributed by atoms with Gasteiger partial charge >= 0.3 is 0 Å². The second-order valence-electron chi connectivity index (χ2n) is 6.01. The molecule has 1 aromatic rings. The number of carbonyl (C=O) groups excluding carboxylic acids is 1. The summed E-state index contributed by atoms with van der Waals surface area (Å²) in [6.07, 6.45) is 2.29. The van der Waals surface area contributed by atoms with Gasteiger partial charge in [0.15, 0.2) is 0 Å². The van der Waals surface area contributed by atoms with Crippen molar-refractivity contribution < 1.29 is 14.3 Å². The minimum absolute atomic E-state index is 0.0773. The van der Waals surface area contributed by atoms with Crippen LogP contribution in [-0.4, -0.2) is 63.4 Å². The molecule has 5 nitrogen and oxygen atoms in total. The Morgan fingerprint density at radius 1 is 1.35 bits per heavy atom. The summed E-state index contributed by atoms with van der Waals surface area (Å²) in [5, 5.41) is 2.94. The lowest BCUT2D eigenvalue weighted by molar-refractivity contribution is -0.122. The summed E-state index contributed by atoms with van der Waals surface area (Å²) >= 11 is 0. The molecule has 2 rings (SSSR count). The Labute approximate surface area is 139 Å². The van der Waals surface area contributed by atoms with Gasteiger partial charge in [0.25, 0.3) is 0 Å². The number of nitrogens with zero attached hydrogens (tertiary/aromatic N) is 1. The summed E-state index contributed by atoms with van der Waals surface area (Å²) in [6.45, 7) is 4.51. The summed E-state index contributed by atoms with van der Waals surface area (Å²) in [6, 6.07) is 10.3. The maximum Gasteiger partial charge on any atom is 0.220 e. The smallest absolute Gasteiger partial charge is 0.220 e. The molecule has 23 heavy (non-hydrogen) atoms. The number of hydrogen-bond donors (Lipinski definition) is 1. The molecule has 0 aromatic heterocycles. The van der Waals surface area contributed by atoms with Crippen molar-refractivity contribution in [3.63, 3.8) is 0 Å². The molecular weight excluding hydrogens is 292 g/mol. The van der Waals surface area contributed by atoms with E-state index in [9.17, 15) is 4.79 Å². The molecule has 0 unspecified atom stereocenters. The van der Waals surface area contributed by atoms with Crippen LogP contribution in [0.15, 0.2) is 30.3 Å². The quantitative estimate of drug-likeness (QED) is 0.700. The molecule has 1 saturated heterocycles. The average molecular weight is 320 g/mol. The van der Waals surface area contributed by atoms with Gasteiger partial charge in [-0.2, -0.15) is 0 Å². The Hall–Kier alpha value is -1.43. The van der Waals surface area contributed by atoms with Gasteiger partial charge in [0.2, 0.25) is 5.91 Å². The first-order chi connectivity index (χ1) is 11.2. The van der Waals surface area contributed by atoms with E-state index in [1.54, 1.807) is 0 Å². The largest absolute Gasteiger partial charge is 0.381 e. The summed E-state index contributed by atoms with van der Waals surface area (Å²) in [4.78, 5) is 14.0. The zero-order valence-corrected chi connectivity index (χ0v) is 14.0. The third-order valence-electron chi connectivity index (χ3n) is 3.94. The molecular formula is C18H28N2O3. The van der Waals surface area contributed by atoms with E-state index in [-0.39, 0.29) is 12.0 Å². The third kappa shape index (κ3) is 7.59. The van der Waals surface area contributed by atoms with Gasteiger partial charge in [0.05, 0.1) is 19.3 Å². The zero-order valence-electron chi connectivity index (χ0n) is 14.0. The molecule has 0 bridgehead atoms. The van der Waals surface area contributed by atoms with Crippen LogP contribution in [0.5, 0.6) is 0 Å². The molecule has 0 spiro atoms. The number of amides is 1. The highest BCUT2D eigenvalue weighted by Crippen LogP contribution is 2.02. The van der Waals surface area contributed by atoms with Crippen LogP contribution in [-0.2, 0) is 20.7 Å². The monoisotopic (exact) mass is 320 g/mol. The highest BCUT2D eigenvalue weighted by atomic mass is 16.5. The summed E-state index contributed by atoms with van der Waals surface area (Å²) < 4.78 is 11.2. The summed E-state index contributed by atoms with van der Waals surface area (Å²) in [7, 11) is 2.07. The van der Waals surface area contributed by atoms with Crippen molar-refractivity contribution in [2.45, 2.75) is 25.4 Å². The Kier molecular flexibility index (Phi) is 8.07. The lowest BCUT2D eigenvalue weighted by Crippen LogP contribution is -2.45. The Morgan fingerprint density at radius 2 is 2.17 bits per heavy atom. The van der Waals surface area contributed by atoms with Gasteiger partial charge in [-0.05, 0) is 25.5 Å². The van der Waals surface area contributed by atoms with E-state index in [1.807, 2.05) is 18.2 Å². The summed E-state index contributed by atoms with van der Waals surface area (Å²) in [5.41, 5.74) is 1.28. The van der Waals surface area contributed by atoms with E-state index < -0.39 is 0 Å². The van der Waals surface area contributed by atoms with E-state index in [1.165, 1.54) is 5.56 Å². The lowest BCUT2D eigenvalue weighted by atomic mass is 10.2. The molecule has 1 heterocycles. The first kappa shape index (κ1) is 17.9. The molecule has 5 heteroatoms. The van der Waals surface area contributed by atoms with Crippen molar-refractivity contribution in [1.29, 1.82) is 0 Å². The SMILES string of the molecule is CN1CCO[C@H](CNC(=O)CCCOCCc2ccccc2)C1. The second-order valence-corrected chi connectivity index (χ2v) is 6.01. The maximum absolute atomic E-state index is 11.8. The molecule has 1 aliphatic heterocycles. The van der Waals surface area contributed by atoms with Crippen molar-refractivity contribution in [2.75, 3.05) is 46.5 Å². The Bertz CT molecular complexity index is 453. The van der Waals surface area contributed by atoms with Crippen molar-refractivity contribution in [3.8, 4) is 0 Å². The van der Waals surface area contributed by atoms with Crippen LogP contribution in [0.3, 0.4) is 0 Å². The van der Waals surface area contributed by atoms with Gasteiger partial charge < -0.3 is 19.7 Å². The van der Waals surface area contributed by atoms with Crippen LogP contribution in [0.1, 0.15) is 18.4 Å². The molecule has 1 N–H and O–H groups in total. The van der Waals surface area contributed by atoms with Gasteiger partial charge in [0, 0.05) is 32.7 Å². The molecule has 0 aliphatic carbocycles. The molecule has 1 aromatic carbocycles. The first-order valence-corrected chi connectivity index (χ1v) is 8.42. The second kappa shape index (κ2) is 10.4. The van der Waals surface area contributed by atoms with Gasteiger partial charge in [-0.3, -0.25) is 4.79 Å². The van der Waals surface area contributed by atoms with Crippen LogP contribution in [0.2, 0.25) is 0 Å². The normalized spacial score (nSPS) is 18.7. The minimum Gasteiger partial charge on any atom is -0.381 e. The molecule has 128 valence electrons. The summed E-state index contributed by atoms with van der Waals surface area (Å²) in [5.74, 6) is 0.0773. The number of ether oxygens (including phenoxy) is 2. The van der Waals surface area contributed by atoms with Gasteiger partial charge in [0.1, 0.15) is 0 Å². The highest BCUT2D eigenvalue weighted by molar-refractivity contribution is 5.75. The van der Waals surface area contributed by atoms with Crippen LogP contribution < -0.4 is 5.32 Å². The fourth-order valence-corrected chi connectivity index (χ4v) is 2.58. The molecule has 1 amide bonds. The molecule has 0 saturated carbocycles. The van der Waals surface area contributed by atoms with Gasteiger partial charge in [-0.1, -0.05) is 30.3 Å². The van der Waals surface area contributed by atoms with Crippen molar-refractivity contribution in [2.24, 2.45) is 0 Å². The van der Waals surface area contributed by atoms with Crippen LogP contribution in [0, 0.1) is 0 Å². The van der Waals surface area contributed by atoms with E-state index in [2.05, 4.69) is 29.4 Å². The minimum atomic E-state index is 0.0773. The van der Waals surface area contributed by atoms with Crippen molar-refractivity contribution in [1.82, 2.24) is 10.2 Å². The average Bonchev–Trinajstić information content (AvgIpc) is 2.57. The Morgan fingerprint density at radius 3 is 2.96 bits per heavy atom. The van der Waals surface area contributed by atoms with E-state index in [0.717, 1.165) is 32.5 Å². The third-order valence-corrected chi connectivity index (χ3v) is 3.94. The number of rotatable bonds is 9. The maximum atomic E-state index is 11.8. The van der Waals surface area contributed by atoms with E-state index in [4.69, 9.17) is 9.47 Å². The van der Waals surface area contributed by atoms with Crippen LogP contribution in [0.4, 0.5) is 0 Å². The zero-order chi connectivity index (χ0) is 16.3. The van der Waals surface area contributed by atoms with Crippen molar-refractivity contribution >= 4 is 5.91 Å². The number of carbonyl (C=O) groups is 1. The predicted octanol–water partition coefficient (Wildman–Crippen LogP) is 1.47. The molecule has 1 fully saturated rings. The fourth-order valence-electron chi connectivity index (χ4n) is 2.58. The standard InChI is InChI=1S/C18H28N2O3/c1-20-10-13-23-17(15-20)14-19-18(21)8-5-11-22-12-9-16-6-3-2-4-7-16/h2-4,6-7,17H,5,8-15H2,1H3,(H,19,21)/t17-/m1/s1. The number of nitrogens with one attached hydrogen (secondary N) is 1. The van der Waals surface area contributed by atoms with Crippen molar-refractivity contribution in [3.05, 3.63) is 35.9 Å². The predicted molar refractivity (Wildman–Crippen MR) is 90.4 cm³/mol. The number of benzene rings is 1. The highest BCUT2D eigenvalue weighted by Gasteiger charge is 2.17. The first-order valence-electron chi connectivity index (χ1n) is 8.42. The van der Waals surface area contributed by atoms with E-state index >= 15 is 0 Å². The molecule has 1 aliphatic rings. The number of morpholine rings is 1. The van der Waals surface area contributed by atoms with Crippen LogP contribution >= 0.6 is 0 Å².